The van der Waals surface area contributed by atoms with Crippen molar-refractivity contribution in [2.75, 3.05) is 17.7 Å². The Labute approximate surface area is 115 Å². The summed E-state index contributed by atoms with van der Waals surface area (Å²) in [5.41, 5.74) is 7.64. The van der Waals surface area contributed by atoms with E-state index in [1.165, 1.54) is 27.9 Å². The second-order valence-corrected chi connectivity index (χ2v) is 5.05. The van der Waals surface area contributed by atoms with Crippen molar-refractivity contribution in [3.63, 3.8) is 0 Å². The smallest absolute Gasteiger partial charge is 0.0400 e. The van der Waals surface area contributed by atoms with Crippen molar-refractivity contribution in [1.82, 2.24) is 0 Å². The van der Waals surface area contributed by atoms with E-state index in [1.807, 2.05) is 7.05 Å². The third-order valence-corrected chi connectivity index (χ3v) is 3.57. The first-order valence-corrected chi connectivity index (χ1v) is 6.68. The van der Waals surface area contributed by atoms with Crippen LogP contribution in [0, 0.1) is 20.8 Å². The molecule has 2 aromatic rings. The Morgan fingerprint density at radius 2 is 1.47 bits per heavy atom. The first-order chi connectivity index (χ1) is 9.10. The molecule has 0 aromatic heterocycles. The second kappa shape index (κ2) is 5.79. The van der Waals surface area contributed by atoms with Gasteiger partial charge in [-0.2, -0.15) is 0 Å². The van der Waals surface area contributed by atoms with Gasteiger partial charge in [0, 0.05) is 25.0 Å². The number of hydrogen-bond donors (Lipinski definition) is 2. The Hall–Kier alpha value is -1.96. The van der Waals surface area contributed by atoms with Crippen LogP contribution in [0.15, 0.2) is 36.4 Å². The van der Waals surface area contributed by atoms with E-state index in [2.05, 4.69) is 67.8 Å². The maximum absolute atomic E-state index is 3.51. The van der Waals surface area contributed by atoms with Crippen LogP contribution in [-0.4, -0.2) is 7.05 Å². The lowest BCUT2D eigenvalue weighted by molar-refractivity contribution is 1.13. The molecule has 0 aliphatic carbocycles. The first kappa shape index (κ1) is 13.5. The molecule has 19 heavy (non-hydrogen) atoms. The van der Waals surface area contributed by atoms with E-state index < -0.39 is 0 Å². The molecular weight excluding hydrogens is 232 g/mol. The minimum absolute atomic E-state index is 0.854. The standard InChI is InChI=1S/C17H22N2/c1-12-9-14(3)17(10-13(12)2)19-11-15-5-7-16(18-4)8-6-15/h5-10,18-19H,11H2,1-4H3. The molecule has 0 heterocycles. The molecule has 2 N–H and O–H groups in total. The molecule has 0 radical (unpaired) electrons. The Morgan fingerprint density at radius 1 is 0.842 bits per heavy atom. The van der Waals surface area contributed by atoms with Gasteiger partial charge in [-0.15, -0.1) is 0 Å². The summed E-state index contributed by atoms with van der Waals surface area (Å²) >= 11 is 0. The SMILES string of the molecule is CNc1ccc(CNc2cc(C)c(C)cc2C)cc1. The van der Waals surface area contributed by atoms with Gasteiger partial charge < -0.3 is 10.6 Å². The number of anilines is 2. The van der Waals surface area contributed by atoms with Gasteiger partial charge in [-0.05, 0) is 61.2 Å². The Bertz CT molecular complexity index is 556. The van der Waals surface area contributed by atoms with E-state index in [4.69, 9.17) is 0 Å². The zero-order valence-corrected chi connectivity index (χ0v) is 12.2. The van der Waals surface area contributed by atoms with Crippen LogP contribution in [0.5, 0.6) is 0 Å². The zero-order chi connectivity index (χ0) is 13.8. The van der Waals surface area contributed by atoms with Crippen LogP contribution in [0.3, 0.4) is 0 Å². The zero-order valence-electron chi connectivity index (χ0n) is 12.2. The fourth-order valence-corrected chi connectivity index (χ4v) is 2.14. The molecule has 0 saturated carbocycles. The van der Waals surface area contributed by atoms with Crippen LogP contribution < -0.4 is 10.6 Å². The number of nitrogens with one attached hydrogen (secondary N) is 2. The van der Waals surface area contributed by atoms with Crippen LogP contribution in [0.1, 0.15) is 22.3 Å². The maximum Gasteiger partial charge on any atom is 0.0400 e. The van der Waals surface area contributed by atoms with E-state index in [9.17, 15) is 0 Å². The lowest BCUT2D eigenvalue weighted by Crippen LogP contribution is -2.02. The molecule has 2 rings (SSSR count). The summed E-state index contributed by atoms with van der Waals surface area (Å²) in [5.74, 6) is 0. The van der Waals surface area contributed by atoms with Gasteiger partial charge in [-0.25, -0.2) is 0 Å². The fraction of sp³-hybridized carbons (Fsp3) is 0.294. The summed E-state index contributed by atoms with van der Waals surface area (Å²) in [5, 5.41) is 6.64. The third kappa shape index (κ3) is 3.28. The molecule has 0 fully saturated rings. The van der Waals surface area contributed by atoms with Gasteiger partial charge in [0.05, 0.1) is 0 Å². The minimum atomic E-state index is 0.854. The molecule has 2 heteroatoms. The predicted octanol–water partition coefficient (Wildman–Crippen LogP) is 4.27. The highest BCUT2D eigenvalue weighted by Gasteiger charge is 2.01. The monoisotopic (exact) mass is 254 g/mol. The lowest BCUT2D eigenvalue weighted by Gasteiger charge is -2.12. The molecule has 0 atom stereocenters. The Morgan fingerprint density at radius 3 is 2.11 bits per heavy atom. The van der Waals surface area contributed by atoms with E-state index in [-0.39, 0.29) is 0 Å². The number of hydrogen-bond acceptors (Lipinski definition) is 2. The molecule has 0 amide bonds. The number of aryl methyl sites for hydroxylation is 3. The average Bonchev–Trinajstić information content (AvgIpc) is 2.42. The van der Waals surface area contributed by atoms with Gasteiger partial charge in [0.15, 0.2) is 0 Å². The second-order valence-electron chi connectivity index (χ2n) is 5.05. The molecule has 100 valence electrons. The van der Waals surface area contributed by atoms with E-state index >= 15 is 0 Å². The van der Waals surface area contributed by atoms with Gasteiger partial charge in [0.25, 0.3) is 0 Å². The normalized spacial score (nSPS) is 10.3. The topological polar surface area (TPSA) is 24.1 Å². The summed E-state index contributed by atoms with van der Waals surface area (Å²) in [4.78, 5) is 0. The highest BCUT2D eigenvalue weighted by Crippen LogP contribution is 2.21. The molecule has 2 nitrogen and oxygen atoms in total. The van der Waals surface area contributed by atoms with Crippen LogP contribution in [0.4, 0.5) is 11.4 Å². The Kier molecular flexibility index (Phi) is 4.10. The molecular formula is C17H22N2. The average molecular weight is 254 g/mol. The largest absolute Gasteiger partial charge is 0.388 e. The molecule has 0 bridgehead atoms. The number of rotatable bonds is 4. The highest BCUT2D eigenvalue weighted by atomic mass is 14.9. The summed E-state index contributed by atoms with van der Waals surface area (Å²) in [6.45, 7) is 7.32. The minimum Gasteiger partial charge on any atom is -0.388 e. The number of benzene rings is 2. The van der Waals surface area contributed by atoms with Crippen molar-refractivity contribution in [2.45, 2.75) is 27.3 Å². The van der Waals surface area contributed by atoms with Crippen LogP contribution in [-0.2, 0) is 6.54 Å². The maximum atomic E-state index is 3.51. The highest BCUT2D eigenvalue weighted by molar-refractivity contribution is 5.55. The van der Waals surface area contributed by atoms with Crippen molar-refractivity contribution in [3.05, 3.63) is 58.7 Å². The van der Waals surface area contributed by atoms with Gasteiger partial charge in [-0.1, -0.05) is 18.2 Å². The summed E-state index contributed by atoms with van der Waals surface area (Å²) in [7, 11) is 1.94. The lowest BCUT2D eigenvalue weighted by atomic mass is 10.0. The predicted molar refractivity (Wildman–Crippen MR) is 84.0 cm³/mol. The quantitative estimate of drug-likeness (QED) is 0.851. The van der Waals surface area contributed by atoms with Crippen LogP contribution >= 0.6 is 0 Å². The van der Waals surface area contributed by atoms with Crippen LogP contribution in [0.25, 0.3) is 0 Å². The molecule has 0 unspecified atom stereocenters. The van der Waals surface area contributed by atoms with Crippen molar-refractivity contribution in [3.8, 4) is 0 Å². The van der Waals surface area contributed by atoms with Crippen molar-refractivity contribution < 1.29 is 0 Å². The van der Waals surface area contributed by atoms with Gasteiger partial charge in [0.2, 0.25) is 0 Å². The summed E-state index contributed by atoms with van der Waals surface area (Å²) in [6, 6.07) is 13.0. The van der Waals surface area contributed by atoms with Gasteiger partial charge in [-0.3, -0.25) is 0 Å². The summed E-state index contributed by atoms with van der Waals surface area (Å²) in [6.07, 6.45) is 0. The molecule has 0 saturated heterocycles. The van der Waals surface area contributed by atoms with Crippen molar-refractivity contribution in [2.24, 2.45) is 0 Å². The van der Waals surface area contributed by atoms with E-state index in [1.54, 1.807) is 0 Å². The molecule has 0 aliphatic rings. The Balaban J connectivity index is 2.07. The van der Waals surface area contributed by atoms with E-state index in [0.717, 1.165) is 12.2 Å². The molecule has 0 spiro atoms. The van der Waals surface area contributed by atoms with Gasteiger partial charge >= 0.3 is 0 Å². The summed E-state index contributed by atoms with van der Waals surface area (Å²) < 4.78 is 0. The van der Waals surface area contributed by atoms with Crippen molar-refractivity contribution in [1.29, 1.82) is 0 Å². The molecule has 0 aliphatic heterocycles. The first-order valence-electron chi connectivity index (χ1n) is 6.68. The third-order valence-electron chi connectivity index (χ3n) is 3.57. The van der Waals surface area contributed by atoms with Crippen LogP contribution in [0.2, 0.25) is 0 Å². The van der Waals surface area contributed by atoms with Crippen molar-refractivity contribution >= 4 is 11.4 Å². The fourth-order valence-electron chi connectivity index (χ4n) is 2.14. The van der Waals surface area contributed by atoms with E-state index in [0.29, 0.717) is 0 Å². The molecule has 2 aromatic carbocycles. The van der Waals surface area contributed by atoms with Gasteiger partial charge in [0.1, 0.15) is 0 Å².